The lowest BCUT2D eigenvalue weighted by Crippen LogP contribution is -2.46. The number of urea groups is 1. The Hall–Kier alpha value is -3.77. The number of carboxylic acid groups (broad SMARTS) is 1. The molecule has 2 N–H and O–H groups in total. The number of aromatic carboxylic acids is 1. The summed E-state index contributed by atoms with van der Waals surface area (Å²) >= 11 is 0.914. The molecule has 2 aliphatic heterocycles. The van der Waals surface area contributed by atoms with Crippen LogP contribution in [0.1, 0.15) is 28.4 Å². The molecule has 0 saturated heterocycles. The van der Waals surface area contributed by atoms with Crippen molar-refractivity contribution in [1.82, 2.24) is 14.5 Å². The summed E-state index contributed by atoms with van der Waals surface area (Å²) in [5.41, 5.74) is 1.33. The van der Waals surface area contributed by atoms with E-state index in [0.717, 1.165) is 22.2 Å². The van der Waals surface area contributed by atoms with E-state index in [2.05, 4.69) is 5.32 Å². The van der Waals surface area contributed by atoms with Crippen molar-refractivity contribution in [3.63, 3.8) is 0 Å². The molecule has 2 aromatic carbocycles. The van der Waals surface area contributed by atoms with Crippen molar-refractivity contribution >= 4 is 39.7 Å². The second-order valence-corrected chi connectivity index (χ2v) is 10.7. The predicted octanol–water partition coefficient (Wildman–Crippen LogP) is 3.05. The Balaban J connectivity index is 1.51. The number of methoxy groups -OCH3 is 1. The van der Waals surface area contributed by atoms with Crippen LogP contribution in [0.2, 0.25) is 0 Å². The molecule has 2 aliphatic rings. The molecule has 2 aromatic rings. The van der Waals surface area contributed by atoms with Crippen LogP contribution in [0.4, 0.5) is 4.79 Å². The van der Waals surface area contributed by atoms with Gasteiger partial charge in [0.15, 0.2) is 0 Å². The molecule has 10 nitrogen and oxygen atoms in total. The Labute approximate surface area is 205 Å². The molecular weight excluding hydrogens is 494 g/mol. The second kappa shape index (κ2) is 9.47. The minimum Gasteiger partial charge on any atom is -0.497 e. The zero-order chi connectivity index (χ0) is 25.3. The van der Waals surface area contributed by atoms with Crippen LogP contribution in [0.15, 0.2) is 69.6 Å². The van der Waals surface area contributed by atoms with E-state index < -0.39 is 27.9 Å². The molecule has 35 heavy (non-hydrogen) atoms. The molecule has 0 spiro atoms. The van der Waals surface area contributed by atoms with E-state index in [1.165, 1.54) is 37.4 Å². The SMILES string of the molecule is COc1ccc(CNC(=O)C2=CN3C(=O)N(Cc4ccc(C(=O)O)cc4)S(=O)(=O)C(C)=C3S2)cc1. The molecule has 0 unspecified atom stereocenters. The third-order valence-corrected chi connectivity index (χ3v) is 8.60. The first kappa shape index (κ1) is 24.4. The molecular formula is C23H21N3O7S2. The number of ether oxygens (including phenoxy) is 1. The van der Waals surface area contributed by atoms with Crippen molar-refractivity contribution in [2.75, 3.05) is 7.11 Å². The number of thioether (sulfide) groups is 1. The molecule has 0 bridgehead atoms. The van der Waals surface area contributed by atoms with Crippen molar-refractivity contribution < 1.29 is 32.6 Å². The molecule has 0 atom stereocenters. The van der Waals surface area contributed by atoms with Crippen LogP contribution in [0, 0.1) is 0 Å². The summed E-state index contributed by atoms with van der Waals surface area (Å²) in [6, 6.07) is 11.9. The van der Waals surface area contributed by atoms with E-state index in [1.807, 2.05) is 12.1 Å². The molecule has 3 amide bonds. The van der Waals surface area contributed by atoms with Gasteiger partial charge in [0.1, 0.15) is 10.8 Å². The zero-order valence-corrected chi connectivity index (χ0v) is 20.4. The van der Waals surface area contributed by atoms with Gasteiger partial charge >= 0.3 is 12.0 Å². The molecule has 0 fully saturated rings. The Kier molecular flexibility index (Phi) is 6.59. The number of carbonyl (C=O) groups is 3. The van der Waals surface area contributed by atoms with Crippen molar-refractivity contribution in [3.05, 3.63) is 86.3 Å². The summed E-state index contributed by atoms with van der Waals surface area (Å²) in [5.74, 6) is -0.865. The van der Waals surface area contributed by atoms with Gasteiger partial charge < -0.3 is 15.2 Å². The molecule has 4 rings (SSSR count). The molecule has 12 heteroatoms. The number of nitrogens with one attached hydrogen (secondary N) is 1. The van der Waals surface area contributed by atoms with Crippen molar-refractivity contribution in [3.8, 4) is 5.75 Å². The van der Waals surface area contributed by atoms with Gasteiger partial charge in [-0.25, -0.2) is 22.3 Å². The van der Waals surface area contributed by atoms with Gasteiger partial charge in [-0.2, -0.15) is 0 Å². The number of benzene rings is 2. The van der Waals surface area contributed by atoms with E-state index in [-0.39, 0.29) is 33.5 Å². The summed E-state index contributed by atoms with van der Waals surface area (Å²) in [6.45, 7) is 1.34. The van der Waals surface area contributed by atoms with Gasteiger partial charge in [-0.05, 0) is 42.3 Å². The third-order valence-electron chi connectivity index (χ3n) is 5.43. The van der Waals surface area contributed by atoms with Crippen molar-refractivity contribution in [1.29, 1.82) is 0 Å². The number of fused-ring (bicyclic) bond motifs is 1. The monoisotopic (exact) mass is 515 g/mol. The Morgan fingerprint density at radius 2 is 1.69 bits per heavy atom. The normalized spacial score (nSPS) is 16.6. The standard InChI is InChI=1S/C23H21N3O7S2/c1-14-21-25(13-19(34-21)20(27)24-11-15-5-9-18(33-2)10-6-15)23(30)26(35(14,31)32)12-16-3-7-17(8-4-16)22(28)29/h3-10,13H,11-12H2,1-2H3,(H,24,27)(H,28,29). The summed E-state index contributed by atoms with van der Waals surface area (Å²) < 4.78 is 31.9. The number of carbonyl (C=O) groups excluding carboxylic acids is 2. The summed E-state index contributed by atoms with van der Waals surface area (Å²) in [4.78, 5) is 38.1. The van der Waals surface area contributed by atoms with Crippen LogP contribution in [-0.4, -0.2) is 47.7 Å². The second-order valence-electron chi connectivity index (χ2n) is 7.65. The quantitative estimate of drug-likeness (QED) is 0.575. The maximum Gasteiger partial charge on any atom is 0.343 e. The maximum atomic E-state index is 13.1. The molecule has 182 valence electrons. The van der Waals surface area contributed by atoms with E-state index >= 15 is 0 Å². The Morgan fingerprint density at radius 1 is 1.06 bits per heavy atom. The van der Waals surface area contributed by atoms with E-state index in [0.29, 0.717) is 15.6 Å². The first-order chi connectivity index (χ1) is 16.6. The zero-order valence-electron chi connectivity index (χ0n) is 18.7. The highest BCUT2D eigenvalue weighted by Gasteiger charge is 2.44. The fourth-order valence-corrected chi connectivity index (χ4v) is 6.03. The summed E-state index contributed by atoms with van der Waals surface area (Å²) in [7, 11) is -2.57. The van der Waals surface area contributed by atoms with Gasteiger partial charge in [-0.1, -0.05) is 36.0 Å². The average Bonchev–Trinajstić information content (AvgIpc) is 3.30. The van der Waals surface area contributed by atoms with Crippen LogP contribution < -0.4 is 10.1 Å². The van der Waals surface area contributed by atoms with Gasteiger partial charge in [-0.3, -0.25) is 9.69 Å². The van der Waals surface area contributed by atoms with Gasteiger partial charge in [0.05, 0.1) is 29.0 Å². The molecule has 0 aromatic heterocycles. The number of rotatable bonds is 7. The van der Waals surface area contributed by atoms with Gasteiger partial charge in [0.2, 0.25) is 0 Å². The summed E-state index contributed by atoms with van der Waals surface area (Å²) in [6.07, 6.45) is 1.32. The van der Waals surface area contributed by atoms with E-state index in [9.17, 15) is 22.8 Å². The van der Waals surface area contributed by atoms with Crippen LogP contribution >= 0.6 is 11.8 Å². The largest absolute Gasteiger partial charge is 0.497 e. The Morgan fingerprint density at radius 3 is 2.29 bits per heavy atom. The molecule has 0 aliphatic carbocycles. The fourth-order valence-electron chi connectivity index (χ4n) is 3.43. The predicted molar refractivity (Wildman–Crippen MR) is 128 cm³/mol. The highest BCUT2D eigenvalue weighted by atomic mass is 32.2. The maximum absolute atomic E-state index is 13.1. The highest BCUT2D eigenvalue weighted by molar-refractivity contribution is 8.08. The lowest BCUT2D eigenvalue weighted by molar-refractivity contribution is -0.117. The number of allylic oxidation sites excluding steroid dienone is 1. The van der Waals surface area contributed by atoms with Gasteiger partial charge in [-0.15, -0.1) is 0 Å². The minimum absolute atomic E-state index is 0.0455. The van der Waals surface area contributed by atoms with Crippen molar-refractivity contribution in [2.24, 2.45) is 0 Å². The number of sulfonamides is 1. The first-order valence-electron chi connectivity index (χ1n) is 10.3. The number of carboxylic acids is 1. The number of nitrogens with zero attached hydrogens (tertiary/aromatic N) is 2. The lowest BCUT2D eigenvalue weighted by atomic mass is 10.1. The van der Waals surface area contributed by atoms with Crippen LogP contribution in [-0.2, 0) is 27.9 Å². The lowest BCUT2D eigenvalue weighted by Gasteiger charge is -2.32. The van der Waals surface area contributed by atoms with Crippen LogP contribution in [0.25, 0.3) is 0 Å². The fraction of sp³-hybridized carbons (Fsp3) is 0.174. The van der Waals surface area contributed by atoms with E-state index in [1.54, 1.807) is 19.2 Å². The van der Waals surface area contributed by atoms with Crippen molar-refractivity contribution in [2.45, 2.75) is 20.0 Å². The Bertz CT molecular complexity index is 1360. The average molecular weight is 516 g/mol. The first-order valence-corrected chi connectivity index (χ1v) is 12.6. The number of hydrogen-bond acceptors (Lipinski definition) is 7. The number of hydrogen-bond donors (Lipinski definition) is 2. The molecule has 0 saturated carbocycles. The minimum atomic E-state index is -4.13. The van der Waals surface area contributed by atoms with Crippen LogP contribution in [0.3, 0.4) is 0 Å². The smallest absolute Gasteiger partial charge is 0.343 e. The van der Waals surface area contributed by atoms with Crippen LogP contribution in [0.5, 0.6) is 5.75 Å². The number of amides is 3. The molecule has 0 radical (unpaired) electrons. The molecule has 2 heterocycles. The highest BCUT2D eigenvalue weighted by Crippen LogP contribution is 2.44. The van der Waals surface area contributed by atoms with E-state index in [4.69, 9.17) is 9.84 Å². The topological polar surface area (TPSA) is 133 Å². The van der Waals surface area contributed by atoms with Gasteiger partial charge in [0.25, 0.3) is 15.9 Å². The third kappa shape index (κ3) is 4.75. The summed E-state index contributed by atoms with van der Waals surface area (Å²) in [5, 5.41) is 12.0. The van der Waals surface area contributed by atoms with Gasteiger partial charge in [0, 0.05) is 12.7 Å².